The summed E-state index contributed by atoms with van der Waals surface area (Å²) in [7, 11) is 0. The highest BCUT2D eigenvalue weighted by Crippen LogP contribution is 2.36. The first-order chi connectivity index (χ1) is 11.4. The third-order valence-corrected chi connectivity index (χ3v) is 6.23. The second-order valence-corrected chi connectivity index (χ2v) is 8.40. The molecule has 1 aliphatic heterocycles. The number of fused-ring (bicyclic) bond motifs is 1. The van der Waals surface area contributed by atoms with E-state index < -0.39 is 12.2 Å². The summed E-state index contributed by atoms with van der Waals surface area (Å²) < 4.78 is 0. The Labute approximate surface area is 148 Å². The summed E-state index contributed by atoms with van der Waals surface area (Å²) >= 11 is 1.66. The van der Waals surface area contributed by atoms with Gasteiger partial charge in [0.05, 0.1) is 18.0 Å². The molecule has 1 saturated carbocycles. The van der Waals surface area contributed by atoms with E-state index in [1.165, 1.54) is 16.7 Å². The van der Waals surface area contributed by atoms with Crippen LogP contribution >= 0.6 is 11.8 Å². The van der Waals surface area contributed by atoms with Crippen molar-refractivity contribution >= 4 is 17.7 Å². The normalized spacial score (nSPS) is 29.6. The van der Waals surface area contributed by atoms with Crippen molar-refractivity contribution in [2.24, 2.45) is 11.8 Å². The topological polar surface area (TPSA) is 60.8 Å². The zero-order valence-electron chi connectivity index (χ0n) is 14.4. The van der Waals surface area contributed by atoms with Crippen molar-refractivity contribution in [3.8, 4) is 0 Å². The van der Waals surface area contributed by atoms with Crippen LogP contribution in [0.15, 0.2) is 18.2 Å². The van der Waals surface area contributed by atoms with Crippen molar-refractivity contribution in [1.82, 2.24) is 4.90 Å². The Morgan fingerprint density at radius 1 is 1.08 bits per heavy atom. The largest absolute Gasteiger partial charge is 0.390 e. The van der Waals surface area contributed by atoms with Crippen LogP contribution < -0.4 is 0 Å². The van der Waals surface area contributed by atoms with Gasteiger partial charge >= 0.3 is 0 Å². The Bertz CT molecular complexity index is 568. The number of likely N-dealkylation sites (tertiary alicyclic amines) is 1. The van der Waals surface area contributed by atoms with E-state index in [2.05, 4.69) is 32.0 Å². The minimum Gasteiger partial charge on any atom is -0.390 e. The van der Waals surface area contributed by atoms with Gasteiger partial charge in [0, 0.05) is 18.8 Å². The minimum atomic E-state index is -0.625. The molecular weight excluding hydrogens is 322 g/mol. The van der Waals surface area contributed by atoms with Gasteiger partial charge in [-0.05, 0) is 44.1 Å². The molecule has 1 aromatic carbocycles. The third kappa shape index (κ3) is 4.13. The molecule has 0 bridgehead atoms. The number of aryl methyl sites for hydroxylation is 2. The molecule has 3 rings (SSSR count). The van der Waals surface area contributed by atoms with Crippen molar-refractivity contribution in [1.29, 1.82) is 0 Å². The summed E-state index contributed by atoms with van der Waals surface area (Å²) in [6.45, 7) is 5.66. The van der Waals surface area contributed by atoms with Gasteiger partial charge in [0.25, 0.3) is 0 Å². The molecule has 4 atom stereocenters. The number of aliphatic hydroxyl groups is 2. The van der Waals surface area contributed by atoms with E-state index in [0.717, 1.165) is 18.8 Å². The van der Waals surface area contributed by atoms with Crippen LogP contribution in [0, 0.1) is 25.7 Å². The van der Waals surface area contributed by atoms with Crippen molar-refractivity contribution in [2.75, 3.05) is 18.8 Å². The Morgan fingerprint density at radius 3 is 2.17 bits per heavy atom. The van der Waals surface area contributed by atoms with E-state index in [9.17, 15) is 15.0 Å². The highest BCUT2D eigenvalue weighted by molar-refractivity contribution is 7.99. The summed E-state index contributed by atoms with van der Waals surface area (Å²) in [6, 6.07) is 6.52. The third-order valence-electron chi connectivity index (χ3n) is 5.24. The number of carbonyl (C=O) groups is 1. The summed E-state index contributed by atoms with van der Waals surface area (Å²) in [5, 5.41) is 19.6. The minimum absolute atomic E-state index is 0.183. The van der Waals surface area contributed by atoms with Gasteiger partial charge in [0.1, 0.15) is 0 Å². The van der Waals surface area contributed by atoms with Crippen molar-refractivity contribution in [2.45, 2.75) is 44.6 Å². The van der Waals surface area contributed by atoms with Crippen LogP contribution in [-0.4, -0.2) is 52.1 Å². The molecule has 0 aromatic heterocycles. The smallest absolute Gasteiger partial charge is 0.232 e. The van der Waals surface area contributed by atoms with Gasteiger partial charge in [0.2, 0.25) is 5.91 Å². The molecule has 132 valence electrons. The van der Waals surface area contributed by atoms with Gasteiger partial charge in [-0.3, -0.25) is 4.79 Å². The highest BCUT2D eigenvalue weighted by atomic mass is 32.2. The number of rotatable bonds is 4. The van der Waals surface area contributed by atoms with E-state index in [1.54, 1.807) is 11.8 Å². The summed E-state index contributed by atoms with van der Waals surface area (Å²) in [6.07, 6.45) is -0.0168. The van der Waals surface area contributed by atoms with Crippen LogP contribution in [0.1, 0.15) is 29.5 Å². The van der Waals surface area contributed by atoms with Gasteiger partial charge in [0.15, 0.2) is 0 Å². The molecule has 0 spiro atoms. The van der Waals surface area contributed by atoms with Gasteiger partial charge in [-0.1, -0.05) is 29.3 Å². The second kappa shape index (κ2) is 7.46. The van der Waals surface area contributed by atoms with Gasteiger partial charge in [-0.2, -0.15) is 0 Å². The predicted molar refractivity (Wildman–Crippen MR) is 96.9 cm³/mol. The number of thioether (sulfide) groups is 1. The molecule has 2 aliphatic rings. The number of hydrogen-bond donors (Lipinski definition) is 2. The van der Waals surface area contributed by atoms with Crippen LogP contribution in [0.2, 0.25) is 0 Å². The molecule has 0 radical (unpaired) electrons. The lowest BCUT2D eigenvalue weighted by Gasteiger charge is -2.31. The Hall–Kier alpha value is -1.04. The van der Waals surface area contributed by atoms with Crippen LogP contribution in [0.25, 0.3) is 0 Å². The maximum absolute atomic E-state index is 12.5. The van der Waals surface area contributed by atoms with Crippen LogP contribution in [0.5, 0.6) is 0 Å². The van der Waals surface area contributed by atoms with Gasteiger partial charge < -0.3 is 15.1 Å². The molecular formula is C19H27NO3S. The van der Waals surface area contributed by atoms with Crippen LogP contribution in [0.3, 0.4) is 0 Å². The van der Waals surface area contributed by atoms with E-state index in [1.807, 2.05) is 4.90 Å². The first-order valence-corrected chi connectivity index (χ1v) is 9.86. The van der Waals surface area contributed by atoms with Crippen LogP contribution in [-0.2, 0) is 10.5 Å². The summed E-state index contributed by atoms with van der Waals surface area (Å²) in [4.78, 5) is 14.4. The number of aliphatic hydroxyl groups excluding tert-OH is 2. The average Bonchev–Trinajstić information content (AvgIpc) is 2.89. The number of hydrogen-bond acceptors (Lipinski definition) is 4. The molecule has 1 saturated heterocycles. The lowest BCUT2D eigenvalue weighted by molar-refractivity contribution is -0.127. The number of carbonyl (C=O) groups excluding carboxylic acids is 1. The van der Waals surface area contributed by atoms with Crippen molar-refractivity contribution in [3.05, 3.63) is 34.9 Å². The van der Waals surface area contributed by atoms with Gasteiger partial charge in [-0.25, -0.2) is 0 Å². The molecule has 1 heterocycles. The molecule has 1 aromatic rings. The van der Waals surface area contributed by atoms with E-state index >= 15 is 0 Å². The second-order valence-electron chi connectivity index (χ2n) is 7.41. The standard InChI is InChI=1S/C19H27NO3S/c1-12-3-13(2)5-14(4-12)10-24-11-19(23)20-8-15-6-17(21)18(22)7-16(15)9-20/h3-5,15-18,21-22H,6-11H2,1-2H3/t15-,16+,17+,18-. The highest BCUT2D eigenvalue weighted by Gasteiger charge is 2.42. The summed E-state index contributed by atoms with van der Waals surface area (Å²) in [5.41, 5.74) is 3.79. The first kappa shape index (κ1) is 17.8. The lowest BCUT2D eigenvalue weighted by Crippen LogP contribution is -2.38. The molecule has 4 nitrogen and oxygen atoms in total. The number of benzene rings is 1. The average molecular weight is 349 g/mol. The predicted octanol–water partition coefficient (Wildman–Crippen LogP) is 2.13. The number of nitrogens with zero attached hydrogens (tertiary/aromatic N) is 1. The Kier molecular flexibility index (Phi) is 5.52. The molecule has 1 amide bonds. The number of amides is 1. The molecule has 24 heavy (non-hydrogen) atoms. The lowest BCUT2D eigenvalue weighted by atomic mass is 9.79. The fourth-order valence-corrected chi connectivity index (χ4v) is 4.97. The van der Waals surface area contributed by atoms with Crippen molar-refractivity contribution < 1.29 is 15.0 Å². The molecule has 2 fully saturated rings. The molecule has 2 N–H and O–H groups in total. The molecule has 5 heteroatoms. The fraction of sp³-hybridized carbons (Fsp3) is 0.632. The fourth-order valence-electron chi connectivity index (χ4n) is 4.11. The zero-order valence-corrected chi connectivity index (χ0v) is 15.3. The van der Waals surface area contributed by atoms with E-state index in [4.69, 9.17) is 0 Å². The van der Waals surface area contributed by atoms with Gasteiger partial charge in [-0.15, -0.1) is 11.8 Å². The van der Waals surface area contributed by atoms with E-state index in [-0.39, 0.29) is 5.91 Å². The molecule has 0 unspecified atom stereocenters. The SMILES string of the molecule is Cc1cc(C)cc(CSCC(=O)N2C[C@H]3C[C@H](O)[C@H](O)C[C@H]3C2)c1. The van der Waals surface area contributed by atoms with Crippen LogP contribution in [0.4, 0.5) is 0 Å². The zero-order chi connectivity index (χ0) is 17.3. The maximum atomic E-state index is 12.5. The quantitative estimate of drug-likeness (QED) is 0.874. The maximum Gasteiger partial charge on any atom is 0.232 e. The monoisotopic (exact) mass is 349 g/mol. The molecule has 1 aliphatic carbocycles. The van der Waals surface area contributed by atoms with Crippen molar-refractivity contribution in [3.63, 3.8) is 0 Å². The summed E-state index contributed by atoms with van der Waals surface area (Å²) in [5.74, 6) is 2.22. The van der Waals surface area contributed by atoms with E-state index in [0.29, 0.717) is 30.4 Å². The Morgan fingerprint density at radius 2 is 1.62 bits per heavy atom. The Balaban J connectivity index is 1.48. The first-order valence-electron chi connectivity index (χ1n) is 8.71.